The summed E-state index contributed by atoms with van der Waals surface area (Å²) in [6, 6.07) is 13.9. The van der Waals surface area contributed by atoms with Crippen molar-refractivity contribution in [2.75, 3.05) is 6.54 Å². The molecule has 8 heteroatoms. The average molecular weight is 379 g/mol. The summed E-state index contributed by atoms with van der Waals surface area (Å²) in [5, 5.41) is 10.6. The van der Waals surface area contributed by atoms with E-state index in [4.69, 9.17) is 4.74 Å². The molecule has 0 aliphatic rings. The van der Waals surface area contributed by atoms with Crippen LogP contribution in [0, 0.1) is 0 Å². The normalized spacial score (nSPS) is 11.3. The van der Waals surface area contributed by atoms with E-state index in [1.807, 2.05) is 56.4 Å². The zero-order valence-electron chi connectivity index (χ0n) is 16.2. The molecule has 8 nitrogen and oxygen atoms in total. The lowest BCUT2D eigenvalue weighted by Gasteiger charge is -2.11. The highest BCUT2D eigenvalue weighted by Crippen LogP contribution is 2.12. The molecule has 2 N–H and O–H groups in total. The summed E-state index contributed by atoms with van der Waals surface area (Å²) < 4.78 is 7.52. The van der Waals surface area contributed by atoms with E-state index in [9.17, 15) is 0 Å². The van der Waals surface area contributed by atoms with Crippen molar-refractivity contribution in [1.82, 2.24) is 30.4 Å². The highest BCUT2D eigenvalue weighted by molar-refractivity contribution is 5.79. The third kappa shape index (κ3) is 5.80. The third-order valence-corrected chi connectivity index (χ3v) is 4.01. The smallest absolute Gasteiger partial charge is 0.213 e. The molecule has 146 valence electrons. The first kappa shape index (κ1) is 19.3. The monoisotopic (exact) mass is 379 g/mol. The minimum absolute atomic E-state index is 0.489. The van der Waals surface area contributed by atoms with E-state index in [0.717, 1.165) is 23.5 Å². The summed E-state index contributed by atoms with van der Waals surface area (Å²) in [4.78, 5) is 13.1. The highest BCUT2D eigenvalue weighted by Gasteiger charge is 2.04. The third-order valence-electron chi connectivity index (χ3n) is 4.01. The predicted octanol–water partition coefficient (Wildman–Crippen LogP) is 2.04. The number of guanidine groups is 1. The van der Waals surface area contributed by atoms with E-state index < -0.39 is 0 Å². The minimum atomic E-state index is 0.489. The fourth-order valence-corrected chi connectivity index (χ4v) is 2.51. The molecule has 0 saturated carbocycles. The maximum atomic E-state index is 5.79. The van der Waals surface area contributed by atoms with Crippen molar-refractivity contribution in [1.29, 1.82) is 0 Å². The van der Waals surface area contributed by atoms with Gasteiger partial charge in [0, 0.05) is 25.9 Å². The van der Waals surface area contributed by atoms with Gasteiger partial charge in [0.2, 0.25) is 5.88 Å². The van der Waals surface area contributed by atoms with Gasteiger partial charge in [0.1, 0.15) is 18.8 Å². The van der Waals surface area contributed by atoms with Crippen LogP contribution < -0.4 is 15.4 Å². The molecule has 2 aromatic heterocycles. The summed E-state index contributed by atoms with van der Waals surface area (Å²) in [5.74, 6) is 2.15. The van der Waals surface area contributed by atoms with Crippen LogP contribution in [0.25, 0.3) is 0 Å². The van der Waals surface area contributed by atoms with E-state index in [1.165, 1.54) is 6.33 Å². The van der Waals surface area contributed by atoms with Crippen LogP contribution in [-0.2, 0) is 26.7 Å². The lowest BCUT2D eigenvalue weighted by atomic mass is 10.2. The molecule has 0 aliphatic carbocycles. The number of pyridine rings is 1. The van der Waals surface area contributed by atoms with Gasteiger partial charge in [0.05, 0.1) is 13.1 Å². The summed E-state index contributed by atoms with van der Waals surface area (Å²) >= 11 is 0. The Morgan fingerprint density at radius 2 is 1.96 bits per heavy atom. The van der Waals surface area contributed by atoms with E-state index >= 15 is 0 Å². The van der Waals surface area contributed by atoms with Gasteiger partial charge < -0.3 is 15.4 Å². The van der Waals surface area contributed by atoms with Crippen LogP contribution in [0.2, 0.25) is 0 Å². The number of nitrogens with one attached hydrogen (secondary N) is 2. The van der Waals surface area contributed by atoms with Crippen molar-refractivity contribution in [3.63, 3.8) is 0 Å². The van der Waals surface area contributed by atoms with Gasteiger partial charge in [-0.05, 0) is 24.1 Å². The Kier molecular flexibility index (Phi) is 6.95. The van der Waals surface area contributed by atoms with E-state index in [1.54, 1.807) is 10.9 Å². The number of aliphatic imine (C=N–C) groups is 1. The van der Waals surface area contributed by atoms with Crippen LogP contribution in [0.3, 0.4) is 0 Å². The molecule has 0 saturated heterocycles. The molecule has 0 spiro atoms. The molecule has 0 atom stereocenters. The van der Waals surface area contributed by atoms with Gasteiger partial charge >= 0.3 is 0 Å². The largest absolute Gasteiger partial charge is 0.473 e. The van der Waals surface area contributed by atoms with Crippen molar-refractivity contribution in [3.05, 3.63) is 71.9 Å². The van der Waals surface area contributed by atoms with Crippen molar-refractivity contribution < 1.29 is 4.74 Å². The van der Waals surface area contributed by atoms with Gasteiger partial charge in [-0.15, -0.1) is 0 Å². The van der Waals surface area contributed by atoms with E-state index in [-0.39, 0.29) is 0 Å². The first-order valence-electron chi connectivity index (χ1n) is 9.21. The fourth-order valence-electron chi connectivity index (χ4n) is 2.51. The zero-order valence-corrected chi connectivity index (χ0v) is 16.2. The molecule has 0 fully saturated rings. The number of hydrogen-bond donors (Lipinski definition) is 2. The Bertz CT molecular complexity index is 892. The molecular weight excluding hydrogens is 354 g/mol. The number of ether oxygens (including phenoxy) is 1. The van der Waals surface area contributed by atoms with Crippen LogP contribution in [-0.4, -0.2) is 32.3 Å². The number of aromatic nitrogens is 4. The summed E-state index contributed by atoms with van der Waals surface area (Å²) in [5.41, 5.74) is 2.13. The van der Waals surface area contributed by atoms with Crippen LogP contribution in [0.15, 0.2) is 60.0 Å². The second-order valence-electron chi connectivity index (χ2n) is 6.13. The quantitative estimate of drug-likeness (QED) is 0.460. The van der Waals surface area contributed by atoms with E-state index in [0.29, 0.717) is 31.5 Å². The number of hydrogen-bond acceptors (Lipinski definition) is 5. The molecule has 0 amide bonds. The number of aryl methyl sites for hydroxylation is 1. The first-order chi connectivity index (χ1) is 13.7. The minimum Gasteiger partial charge on any atom is -0.473 e. The molecule has 0 aliphatic heterocycles. The SMILES string of the molecule is CCNC(=NCc1ccnc(OCc2ccccc2)c1)NCc1ncnn1C. The lowest BCUT2D eigenvalue weighted by Crippen LogP contribution is -2.37. The molecule has 28 heavy (non-hydrogen) atoms. The van der Waals surface area contributed by atoms with Gasteiger partial charge in [0.25, 0.3) is 0 Å². The summed E-state index contributed by atoms with van der Waals surface area (Å²) in [7, 11) is 1.86. The van der Waals surface area contributed by atoms with Crippen molar-refractivity contribution in [2.24, 2.45) is 12.0 Å². The van der Waals surface area contributed by atoms with Gasteiger partial charge in [-0.1, -0.05) is 30.3 Å². The predicted molar refractivity (Wildman–Crippen MR) is 108 cm³/mol. The molecule has 0 unspecified atom stereocenters. The van der Waals surface area contributed by atoms with Crippen LogP contribution in [0.5, 0.6) is 5.88 Å². The van der Waals surface area contributed by atoms with Gasteiger partial charge in [-0.25, -0.2) is 15.0 Å². The lowest BCUT2D eigenvalue weighted by molar-refractivity contribution is 0.293. The number of nitrogens with zero attached hydrogens (tertiary/aromatic N) is 5. The van der Waals surface area contributed by atoms with Crippen LogP contribution >= 0.6 is 0 Å². The van der Waals surface area contributed by atoms with Crippen LogP contribution in [0.4, 0.5) is 0 Å². The Morgan fingerprint density at radius 1 is 1.11 bits per heavy atom. The first-order valence-corrected chi connectivity index (χ1v) is 9.21. The Balaban J connectivity index is 1.58. The number of benzene rings is 1. The maximum Gasteiger partial charge on any atom is 0.213 e. The number of rotatable bonds is 8. The van der Waals surface area contributed by atoms with Gasteiger partial charge in [0.15, 0.2) is 5.96 Å². The summed E-state index contributed by atoms with van der Waals surface area (Å²) in [6.45, 7) is 4.35. The maximum absolute atomic E-state index is 5.79. The Morgan fingerprint density at radius 3 is 2.71 bits per heavy atom. The zero-order chi connectivity index (χ0) is 19.6. The molecule has 3 aromatic rings. The highest BCUT2D eigenvalue weighted by atomic mass is 16.5. The molecular formula is C20H25N7O. The second-order valence-corrected chi connectivity index (χ2v) is 6.13. The molecule has 0 radical (unpaired) electrons. The van der Waals surface area contributed by atoms with Crippen LogP contribution in [0.1, 0.15) is 23.9 Å². The van der Waals surface area contributed by atoms with Crippen molar-refractivity contribution >= 4 is 5.96 Å². The molecule has 1 aromatic carbocycles. The molecule has 3 rings (SSSR count). The standard InChI is InChI=1S/C20H25N7O/c1-3-21-20(24-13-18-25-15-26-27(18)2)23-12-17-9-10-22-19(11-17)28-14-16-7-5-4-6-8-16/h4-11,15H,3,12-14H2,1-2H3,(H2,21,23,24). The fraction of sp³-hybridized carbons (Fsp3) is 0.300. The topological polar surface area (TPSA) is 89.2 Å². The average Bonchev–Trinajstić information content (AvgIpc) is 3.14. The Hall–Kier alpha value is -3.42. The molecule has 2 heterocycles. The van der Waals surface area contributed by atoms with Crippen molar-refractivity contribution in [3.8, 4) is 5.88 Å². The van der Waals surface area contributed by atoms with Gasteiger partial charge in [-0.3, -0.25) is 4.68 Å². The van der Waals surface area contributed by atoms with Gasteiger partial charge in [-0.2, -0.15) is 5.10 Å². The Labute approximate surface area is 164 Å². The van der Waals surface area contributed by atoms with E-state index in [2.05, 4.69) is 30.7 Å². The molecule has 0 bridgehead atoms. The summed E-state index contributed by atoms with van der Waals surface area (Å²) in [6.07, 6.45) is 3.28. The van der Waals surface area contributed by atoms with Crippen molar-refractivity contribution in [2.45, 2.75) is 26.6 Å². The second kappa shape index (κ2) is 10.1.